The predicted molar refractivity (Wildman–Crippen MR) is 166 cm³/mol. The largest absolute Gasteiger partial charge is 0.490 e. The fourth-order valence-electron chi connectivity index (χ4n) is 5.56. The van der Waals surface area contributed by atoms with E-state index in [0.717, 1.165) is 24.4 Å². The van der Waals surface area contributed by atoms with E-state index in [1.54, 1.807) is 6.92 Å². The van der Waals surface area contributed by atoms with Gasteiger partial charge < -0.3 is 25.0 Å². The standard InChI is InChI=1S/C33H33F9N4O6/c1-2-22-16-24(23-15-19(31(34,35)36)6-7-26(23)46(22)30(50)52-10-4-8-47)44-29-43-17-27(51-9-3-5-28(48)49)25(45-29)13-18-11-20(32(37,38)39)14-21(12-18)33(40,41)42/h6-7,11-12,14-15,17,22,24,47H,2-5,8-10,13,16H2,1H3,(H,48,49)(H,43,44,45)/t22-,24+/m1/s1. The highest BCUT2D eigenvalue weighted by molar-refractivity contribution is 5.90. The van der Waals surface area contributed by atoms with Crippen molar-refractivity contribution in [3.05, 3.63) is 76.1 Å². The normalized spacial score (nSPS) is 16.3. The molecule has 0 saturated heterocycles. The lowest BCUT2D eigenvalue weighted by Gasteiger charge is -2.40. The van der Waals surface area contributed by atoms with Crippen LogP contribution in [0.1, 0.15) is 78.6 Å². The van der Waals surface area contributed by atoms with E-state index < -0.39 is 71.3 Å². The quantitative estimate of drug-likeness (QED) is 0.117. The Bertz CT molecular complexity index is 1700. The fourth-order valence-corrected chi connectivity index (χ4v) is 5.56. The second-order valence-electron chi connectivity index (χ2n) is 11.8. The number of rotatable bonds is 13. The van der Waals surface area contributed by atoms with E-state index in [1.165, 1.54) is 4.90 Å². The molecule has 1 aromatic heterocycles. The molecule has 10 nitrogen and oxygen atoms in total. The van der Waals surface area contributed by atoms with E-state index in [1.807, 2.05) is 0 Å². The number of aromatic nitrogens is 2. The summed E-state index contributed by atoms with van der Waals surface area (Å²) in [7, 11) is 0. The van der Waals surface area contributed by atoms with Crippen molar-refractivity contribution in [2.45, 2.75) is 76.1 Å². The summed E-state index contributed by atoms with van der Waals surface area (Å²) in [6, 6.07) is 2.07. The zero-order valence-corrected chi connectivity index (χ0v) is 27.3. The molecule has 3 aromatic rings. The number of carboxylic acids is 1. The Kier molecular flexibility index (Phi) is 12.5. The number of amides is 1. The Balaban J connectivity index is 1.77. The van der Waals surface area contributed by atoms with Crippen molar-refractivity contribution in [2.75, 3.05) is 30.0 Å². The van der Waals surface area contributed by atoms with E-state index >= 15 is 0 Å². The van der Waals surface area contributed by atoms with Gasteiger partial charge >= 0.3 is 30.6 Å². The molecular weight excluding hydrogens is 719 g/mol. The molecule has 0 saturated carbocycles. The van der Waals surface area contributed by atoms with E-state index in [0.29, 0.717) is 18.6 Å². The van der Waals surface area contributed by atoms with Crippen molar-refractivity contribution in [3.8, 4) is 5.75 Å². The summed E-state index contributed by atoms with van der Waals surface area (Å²) >= 11 is 0. The molecule has 0 bridgehead atoms. The third-order valence-electron chi connectivity index (χ3n) is 8.00. The van der Waals surface area contributed by atoms with Gasteiger partial charge in [-0.1, -0.05) is 6.92 Å². The van der Waals surface area contributed by atoms with Crippen LogP contribution in [0.4, 0.5) is 55.9 Å². The third-order valence-corrected chi connectivity index (χ3v) is 8.00. The van der Waals surface area contributed by atoms with E-state index in [4.69, 9.17) is 19.7 Å². The Labute approximate surface area is 290 Å². The van der Waals surface area contributed by atoms with Crippen molar-refractivity contribution >= 4 is 23.7 Å². The summed E-state index contributed by atoms with van der Waals surface area (Å²) in [5.74, 6) is -1.61. The molecule has 1 amide bonds. The number of fused-ring (bicyclic) bond motifs is 1. The van der Waals surface area contributed by atoms with Crippen LogP contribution in [0, 0.1) is 0 Å². The first kappa shape index (κ1) is 40.0. The molecule has 2 aromatic carbocycles. The number of carboxylic acid groups (broad SMARTS) is 1. The number of aliphatic hydroxyl groups excluding tert-OH is 1. The van der Waals surface area contributed by atoms with Gasteiger partial charge in [-0.05, 0) is 66.8 Å². The summed E-state index contributed by atoms with van der Waals surface area (Å²) in [4.78, 5) is 33.6. The molecule has 1 aliphatic rings. The topological polar surface area (TPSA) is 134 Å². The molecule has 1 aliphatic heterocycles. The van der Waals surface area contributed by atoms with Gasteiger partial charge in [-0.2, -0.15) is 39.5 Å². The SMILES string of the molecule is CC[C@@H]1C[C@H](Nc2ncc(OCCCC(=O)O)c(Cc3cc(C(F)(F)F)cc(C(F)(F)F)c3)n2)c2cc(C(F)(F)F)ccc2N1C(=O)OCCCO. The molecule has 3 N–H and O–H groups in total. The van der Waals surface area contributed by atoms with Gasteiger partial charge in [-0.25, -0.2) is 14.8 Å². The molecule has 284 valence electrons. The molecule has 0 fully saturated rings. The first-order valence-corrected chi connectivity index (χ1v) is 15.8. The number of nitrogens with one attached hydrogen (secondary N) is 1. The van der Waals surface area contributed by atoms with Crippen molar-refractivity contribution in [1.82, 2.24) is 9.97 Å². The summed E-state index contributed by atoms with van der Waals surface area (Å²) in [6.45, 7) is 1.07. The van der Waals surface area contributed by atoms with Gasteiger partial charge in [0.1, 0.15) is 0 Å². The molecule has 19 heteroatoms. The van der Waals surface area contributed by atoms with Gasteiger partial charge in [0.15, 0.2) is 5.75 Å². The smallest absolute Gasteiger partial charge is 0.416 e. The predicted octanol–water partition coefficient (Wildman–Crippen LogP) is 8.03. The third kappa shape index (κ3) is 10.2. The van der Waals surface area contributed by atoms with Gasteiger partial charge in [-0.3, -0.25) is 9.69 Å². The first-order chi connectivity index (χ1) is 24.3. The molecule has 2 atom stereocenters. The Morgan fingerprint density at radius 1 is 0.923 bits per heavy atom. The summed E-state index contributed by atoms with van der Waals surface area (Å²) in [6.07, 6.45) is -15.4. The van der Waals surface area contributed by atoms with Crippen LogP contribution in [0.3, 0.4) is 0 Å². The number of hydrogen-bond donors (Lipinski definition) is 3. The van der Waals surface area contributed by atoms with Gasteiger partial charge in [0.2, 0.25) is 5.95 Å². The minimum atomic E-state index is -5.14. The van der Waals surface area contributed by atoms with Crippen LogP contribution in [0.5, 0.6) is 5.75 Å². The molecular formula is C33H33F9N4O6. The van der Waals surface area contributed by atoms with Crippen LogP contribution in [0.15, 0.2) is 42.6 Å². The maximum Gasteiger partial charge on any atom is 0.416 e. The van der Waals surface area contributed by atoms with Crippen LogP contribution in [-0.4, -0.2) is 58.1 Å². The van der Waals surface area contributed by atoms with E-state index in [2.05, 4.69) is 15.3 Å². The van der Waals surface area contributed by atoms with Gasteiger partial charge in [0.05, 0.1) is 53.5 Å². The fraction of sp³-hybridized carbons (Fsp3) is 0.455. The number of carbonyl (C=O) groups excluding carboxylic acids is 1. The number of benzene rings is 2. The number of carbonyl (C=O) groups is 2. The van der Waals surface area contributed by atoms with Crippen molar-refractivity contribution < 1.29 is 68.8 Å². The number of anilines is 2. The minimum Gasteiger partial charge on any atom is -0.490 e. The molecule has 0 radical (unpaired) electrons. The number of ether oxygens (including phenoxy) is 2. The van der Waals surface area contributed by atoms with Crippen molar-refractivity contribution in [3.63, 3.8) is 0 Å². The van der Waals surface area contributed by atoms with E-state index in [-0.39, 0.29) is 80.2 Å². The van der Waals surface area contributed by atoms with E-state index in [9.17, 15) is 49.1 Å². The Morgan fingerprint density at radius 3 is 2.15 bits per heavy atom. The number of aliphatic hydroxyl groups is 1. The lowest BCUT2D eigenvalue weighted by atomic mass is 9.89. The number of halogens is 9. The Morgan fingerprint density at radius 2 is 1.58 bits per heavy atom. The van der Waals surface area contributed by atoms with Crippen LogP contribution < -0.4 is 15.0 Å². The van der Waals surface area contributed by atoms with Gasteiger partial charge in [-0.15, -0.1) is 0 Å². The van der Waals surface area contributed by atoms with Crippen molar-refractivity contribution in [2.24, 2.45) is 0 Å². The monoisotopic (exact) mass is 752 g/mol. The maximum absolute atomic E-state index is 13.8. The van der Waals surface area contributed by atoms with Crippen LogP contribution in [-0.2, 0) is 34.5 Å². The average molecular weight is 753 g/mol. The lowest BCUT2D eigenvalue weighted by Crippen LogP contribution is -2.46. The van der Waals surface area contributed by atoms with Gasteiger partial charge in [0.25, 0.3) is 0 Å². The summed E-state index contributed by atoms with van der Waals surface area (Å²) in [5, 5.41) is 20.9. The average Bonchev–Trinajstić information content (AvgIpc) is 3.05. The summed E-state index contributed by atoms with van der Waals surface area (Å²) < 4.78 is 134. The van der Waals surface area contributed by atoms with Crippen LogP contribution in [0.2, 0.25) is 0 Å². The molecule has 52 heavy (non-hydrogen) atoms. The summed E-state index contributed by atoms with van der Waals surface area (Å²) in [5.41, 5.74) is -4.79. The molecule has 2 heterocycles. The highest BCUT2D eigenvalue weighted by Gasteiger charge is 2.40. The number of aliphatic carboxylic acids is 1. The molecule has 4 rings (SSSR count). The number of hydrogen-bond acceptors (Lipinski definition) is 8. The lowest BCUT2D eigenvalue weighted by molar-refractivity contribution is -0.143. The van der Waals surface area contributed by atoms with Gasteiger partial charge in [0, 0.05) is 31.9 Å². The maximum atomic E-state index is 13.8. The molecule has 0 aliphatic carbocycles. The number of nitrogens with zero attached hydrogens (tertiary/aromatic N) is 3. The van der Waals surface area contributed by atoms with Crippen LogP contribution in [0.25, 0.3) is 0 Å². The van der Waals surface area contributed by atoms with Crippen LogP contribution >= 0.6 is 0 Å². The number of alkyl halides is 9. The highest BCUT2D eigenvalue weighted by Crippen LogP contribution is 2.43. The molecule has 0 spiro atoms. The second-order valence-corrected chi connectivity index (χ2v) is 11.8. The van der Waals surface area contributed by atoms with Crippen molar-refractivity contribution in [1.29, 1.82) is 0 Å². The second kappa shape index (κ2) is 16.2. The highest BCUT2D eigenvalue weighted by atomic mass is 19.4. The Hall–Kier alpha value is -4.81. The zero-order valence-electron chi connectivity index (χ0n) is 27.3. The zero-order chi connectivity index (χ0) is 38.4. The first-order valence-electron chi connectivity index (χ1n) is 15.8. The molecule has 0 unspecified atom stereocenters. The minimum absolute atomic E-state index is 0.00534.